The summed E-state index contributed by atoms with van der Waals surface area (Å²) in [7, 11) is 3.58. The normalized spacial score (nSPS) is 14.2. The van der Waals surface area contributed by atoms with Crippen molar-refractivity contribution >= 4 is 11.6 Å². The van der Waals surface area contributed by atoms with Crippen LogP contribution in [0.5, 0.6) is 0 Å². The fraction of sp³-hybridized carbons (Fsp3) is 0.381. The fourth-order valence-electron chi connectivity index (χ4n) is 3.49. The number of fused-ring (bicyclic) bond motifs is 1. The van der Waals surface area contributed by atoms with Gasteiger partial charge in [-0.3, -0.25) is 4.79 Å². The van der Waals surface area contributed by atoms with Gasteiger partial charge in [0.15, 0.2) is 0 Å². The molecule has 0 radical (unpaired) electrons. The van der Waals surface area contributed by atoms with Gasteiger partial charge in [0.25, 0.3) is 0 Å². The number of benzene rings is 2. The molecule has 0 aliphatic carbocycles. The van der Waals surface area contributed by atoms with Gasteiger partial charge in [0.2, 0.25) is 5.91 Å². The van der Waals surface area contributed by atoms with Gasteiger partial charge in [-0.2, -0.15) is 0 Å². The number of anilines is 1. The van der Waals surface area contributed by atoms with E-state index in [9.17, 15) is 4.79 Å². The second-order valence-electron chi connectivity index (χ2n) is 6.49. The fourth-order valence-corrected chi connectivity index (χ4v) is 3.49. The van der Waals surface area contributed by atoms with Crippen molar-refractivity contribution in [1.82, 2.24) is 4.90 Å². The van der Waals surface area contributed by atoms with Crippen LogP contribution in [0.2, 0.25) is 0 Å². The Morgan fingerprint density at radius 2 is 1.88 bits per heavy atom. The number of para-hydroxylation sites is 1. The molecular weight excluding hydrogens is 312 g/mol. The molecule has 0 aromatic heterocycles. The molecule has 4 heteroatoms. The number of methoxy groups -OCH3 is 1. The van der Waals surface area contributed by atoms with Gasteiger partial charge in [-0.25, -0.2) is 0 Å². The van der Waals surface area contributed by atoms with Crippen molar-refractivity contribution in [2.75, 3.05) is 38.8 Å². The van der Waals surface area contributed by atoms with Crippen LogP contribution < -0.4 is 4.90 Å². The third kappa shape index (κ3) is 3.85. The summed E-state index contributed by atoms with van der Waals surface area (Å²) in [6.45, 7) is 2.24. The van der Waals surface area contributed by atoms with Crippen LogP contribution in [0.15, 0.2) is 54.6 Å². The minimum Gasteiger partial charge on any atom is -0.385 e. The van der Waals surface area contributed by atoms with E-state index in [0.717, 1.165) is 24.9 Å². The molecule has 0 spiro atoms. The van der Waals surface area contributed by atoms with Crippen LogP contribution in [-0.2, 0) is 16.0 Å². The third-order valence-electron chi connectivity index (χ3n) is 4.80. The molecule has 0 N–H and O–H groups in total. The summed E-state index contributed by atoms with van der Waals surface area (Å²) >= 11 is 0. The number of nitrogens with zero attached hydrogens (tertiary/aromatic N) is 2. The summed E-state index contributed by atoms with van der Waals surface area (Å²) in [5, 5.41) is 0. The van der Waals surface area contributed by atoms with Crippen molar-refractivity contribution in [3.05, 3.63) is 65.7 Å². The maximum absolute atomic E-state index is 13.3. The molecule has 0 saturated heterocycles. The van der Waals surface area contributed by atoms with E-state index in [0.29, 0.717) is 13.2 Å². The smallest absolute Gasteiger partial charge is 0.249 e. The van der Waals surface area contributed by atoms with Crippen molar-refractivity contribution in [2.45, 2.75) is 18.9 Å². The molecule has 2 aromatic carbocycles. The molecule has 0 fully saturated rings. The highest BCUT2D eigenvalue weighted by molar-refractivity contribution is 5.87. The lowest BCUT2D eigenvalue weighted by Gasteiger charge is -2.33. The van der Waals surface area contributed by atoms with Crippen LogP contribution >= 0.6 is 0 Å². The number of likely N-dealkylation sites (N-methyl/N-ethyl adjacent to an activating group) is 1. The largest absolute Gasteiger partial charge is 0.385 e. The standard InChI is InChI=1S/C21H26N2O2/c1-22(14-8-16-25-2)21(24)20(18-10-4-3-5-11-18)23-15-13-17-9-6-7-12-19(17)23/h3-7,9-12,20H,8,13-16H2,1-2H3/t20-/m0/s1. The summed E-state index contributed by atoms with van der Waals surface area (Å²) < 4.78 is 5.11. The summed E-state index contributed by atoms with van der Waals surface area (Å²) in [5.74, 6) is 0.138. The lowest BCUT2D eigenvalue weighted by atomic mass is 10.0. The van der Waals surface area contributed by atoms with Gasteiger partial charge in [0, 0.05) is 39.5 Å². The molecule has 1 heterocycles. The number of amides is 1. The molecule has 1 aliphatic heterocycles. The Labute approximate surface area is 150 Å². The SMILES string of the molecule is COCCCN(C)C(=O)[C@H](c1ccccc1)N1CCc2ccccc21. The zero-order chi connectivity index (χ0) is 17.6. The Morgan fingerprint density at radius 3 is 2.64 bits per heavy atom. The van der Waals surface area contributed by atoms with Gasteiger partial charge in [-0.05, 0) is 30.0 Å². The molecule has 0 saturated carbocycles. The lowest BCUT2D eigenvalue weighted by Crippen LogP contribution is -2.41. The monoisotopic (exact) mass is 338 g/mol. The summed E-state index contributed by atoms with van der Waals surface area (Å²) in [6, 6.07) is 18.2. The second-order valence-corrected chi connectivity index (χ2v) is 6.49. The van der Waals surface area contributed by atoms with Crippen LogP contribution in [0.4, 0.5) is 5.69 Å². The minimum atomic E-state index is -0.280. The molecule has 1 amide bonds. The molecule has 3 rings (SSSR count). The molecule has 2 aromatic rings. The molecule has 1 atom stereocenters. The van der Waals surface area contributed by atoms with Crippen LogP contribution in [0.3, 0.4) is 0 Å². The van der Waals surface area contributed by atoms with E-state index < -0.39 is 0 Å². The van der Waals surface area contributed by atoms with Crippen LogP contribution in [0, 0.1) is 0 Å². The van der Waals surface area contributed by atoms with Gasteiger partial charge in [-0.1, -0.05) is 48.5 Å². The molecule has 0 bridgehead atoms. The molecule has 132 valence electrons. The average molecular weight is 338 g/mol. The van der Waals surface area contributed by atoms with E-state index in [1.165, 1.54) is 11.3 Å². The molecule has 1 aliphatic rings. The lowest BCUT2D eigenvalue weighted by molar-refractivity contribution is -0.131. The maximum Gasteiger partial charge on any atom is 0.249 e. The Balaban J connectivity index is 1.88. The minimum absolute atomic E-state index is 0.138. The van der Waals surface area contributed by atoms with Gasteiger partial charge in [0.05, 0.1) is 0 Å². The number of carbonyl (C=O) groups is 1. The number of carbonyl (C=O) groups excluding carboxylic acids is 1. The van der Waals surface area contributed by atoms with E-state index in [4.69, 9.17) is 4.74 Å². The molecule has 25 heavy (non-hydrogen) atoms. The van der Waals surface area contributed by atoms with E-state index in [2.05, 4.69) is 23.1 Å². The summed E-state index contributed by atoms with van der Waals surface area (Å²) in [5.41, 5.74) is 3.54. The van der Waals surface area contributed by atoms with E-state index in [-0.39, 0.29) is 11.9 Å². The molecular formula is C21H26N2O2. The first-order valence-electron chi connectivity index (χ1n) is 8.86. The first kappa shape index (κ1) is 17.5. The predicted molar refractivity (Wildman–Crippen MR) is 101 cm³/mol. The number of ether oxygens (including phenoxy) is 1. The first-order chi connectivity index (χ1) is 12.2. The van der Waals surface area contributed by atoms with Crippen molar-refractivity contribution in [2.24, 2.45) is 0 Å². The van der Waals surface area contributed by atoms with Crippen LogP contribution in [-0.4, -0.2) is 44.7 Å². The number of rotatable bonds is 7. The van der Waals surface area contributed by atoms with Crippen LogP contribution in [0.1, 0.15) is 23.6 Å². The second kappa shape index (κ2) is 8.17. The van der Waals surface area contributed by atoms with Gasteiger partial charge >= 0.3 is 0 Å². The van der Waals surface area contributed by atoms with Crippen molar-refractivity contribution in [1.29, 1.82) is 0 Å². The summed E-state index contributed by atoms with van der Waals surface area (Å²) in [6.07, 6.45) is 1.83. The Hall–Kier alpha value is -2.33. The highest BCUT2D eigenvalue weighted by atomic mass is 16.5. The molecule has 4 nitrogen and oxygen atoms in total. The van der Waals surface area contributed by atoms with Crippen molar-refractivity contribution < 1.29 is 9.53 Å². The average Bonchev–Trinajstić information content (AvgIpc) is 3.07. The highest BCUT2D eigenvalue weighted by Crippen LogP contribution is 2.35. The van der Waals surface area contributed by atoms with Gasteiger partial charge < -0.3 is 14.5 Å². The van der Waals surface area contributed by atoms with E-state index in [1.54, 1.807) is 7.11 Å². The zero-order valence-electron chi connectivity index (χ0n) is 15.0. The Kier molecular flexibility index (Phi) is 5.71. The van der Waals surface area contributed by atoms with Gasteiger partial charge in [-0.15, -0.1) is 0 Å². The van der Waals surface area contributed by atoms with Crippen molar-refractivity contribution in [3.8, 4) is 0 Å². The van der Waals surface area contributed by atoms with Crippen molar-refractivity contribution in [3.63, 3.8) is 0 Å². The summed E-state index contributed by atoms with van der Waals surface area (Å²) in [4.78, 5) is 17.4. The Bertz CT molecular complexity index is 702. The van der Waals surface area contributed by atoms with E-state index >= 15 is 0 Å². The zero-order valence-corrected chi connectivity index (χ0v) is 15.0. The first-order valence-corrected chi connectivity index (χ1v) is 8.86. The maximum atomic E-state index is 13.3. The third-order valence-corrected chi connectivity index (χ3v) is 4.80. The Morgan fingerprint density at radius 1 is 1.16 bits per heavy atom. The highest BCUT2D eigenvalue weighted by Gasteiger charge is 2.33. The quantitative estimate of drug-likeness (QED) is 0.726. The molecule has 0 unspecified atom stereocenters. The predicted octanol–water partition coefficient (Wildman–Crippen LogP) is 3.29. The van der Waals surface area contributed by atoms with Crippen LogP contribution in [0.25, 0.3) is 0 Å². The van der Waals surface area contributed by atoms with Gasteiger partial charge in [0.1, 0.15) is 6.04 Å². The number of hydrogen-bond acceptors (Lipinski definition) is 3. The topological polar surface area (TPSA) is 32.8 Å². The number of hydrogen-bond donors (Lipinski definition) is 0. The van der Waals surface area contributed by atoms with E-state index in [1.807, 2.05) is 48.3 Å².